The summed E-state index contributed by atoms with van der Waals surface area (Å²) < 4.78 is 67.9. The number of benzene rings is 2. The summed E-state index contributed by atoms with van der Waals surface area (Å²) >= 11 is 0. The summed E-state index contributed by atoms with van der Waals surface area (Å²) in [5, 5.41) is 2.51. The molecule has 1 N–H and O–H groups in total. The van der Waals surface area contributed by atoms with Crippen LogP contribution in [-0.4, -0.2) is 25.6 Å². The third-order valence-corrected chi connectivity index (χ3v) is 4.36. The molecule has 9 heteroatoms. The van der Waals surface area contributed by atoms with Crippen LogP contribution in [0.25, 0.3) is 0 Å². The van der Waals surface area contributed by atoms with Crippen LogP contribution in [0.2, 0.25) is 0 Å². The summed E-state index contributed by atoms with van der Waals surface area (Å²) in [6.45, 7) is -1.62. The molecule has 0 saturated carbocycles. The van der Waals surface area contributed by atoms with Crippen molar-refractivity contribution in [2.45, 2.75) is 25.6 Å². The van der Waals surface area contributed by atoms with Crippen LogP contribution in [0.5, 0.6) is 5.75 Å². The smallest absolute Gasteiger partial charge is 0.416 e. The molecule has 0 radical (unpaired) electrons. The van der Waals surface area contributed by atoms with Crippen molar-refractivity contribution in [1.29, 1.82) is 0 Å². The van der Waals surface area contributed by atoms with Gasteiger partial charge in [-0.1, -0.05) is 0 Å². The number of ether oxygens (including phenoxy) is 1. The zero-order chi connectivity index (χ0) is 20.3. The van der Waals surface area contributed by atoms with Gasteiger partial charge in [0.25, 0.3) is 5.91 Å². The maximum Gasteiger partial charge on any atom is 0.416 e. The number of rotatable bonds is 5. The van der Waals surface area contributed by atoms with Crippen molar-refractivity contribution in [3.63, 3.8) is 0 Å². The number of carbonyl (C=O) groups is 1. The molecule has 0 unspecified atom stereocenters. The van der Waals surface area contributed by atoms with Gasteiger partial charge in [0.05, 0.1) is 16.9 Å². The Hall–Kier alpha value is -2.84. The molecule has 1 heterocycles. The van der Waals surface area contributed by atoms with Gasteiger partial charge in [-0.25, -0.2) is 0 Å². The van der Waals surface area contributed by atoms with E-state index in [-0.39, 0.29) is 17.0 Å². The average molecular weight is 400 g/mol. The number of carbonyl (C=O) groups excluding carboxylic acids is 1. The minimum atomic E-state index is -4.54. The highest BCUT2D eigenvalue weighted by molar-refractivity contribution is 6.06. The number of halogens is 5. The zero-order valence-corrected chi connectivity index (χ0v) is 14.6. The Labute approximate surface area is 157 Å². The lowest BCUT2D eigenvalue weighted by atomic mass is 10.1. The van der Waals surface area contributed by atoms with Crippen LogP contribution in [0.3, 0.4) is 0 Å². The van der Waals surface area contributed by atoms with Crippen molar-refractivity contribution >= 4 is 17.3 Å². The second-order valence-corrected chi connectivity index (χ2v) is 6.28. The predicted molar refractivity (Wildman–Crippen MR) is 93.9 cm³/mol. The molecule has 1 aliphatic rings. The van der Waals surface area contributed by atoms with Crippen molar-refractivity contribution in [1.82, 2.24) is 0 Å². The zero-order valence-electron chi connectivity index (χ0n) is 14.6. The van der Waals surface area contributed by atoms with Gasteiger partial charge in [0.15, 0.2) is 0 Å². The number of anilines is 2. The highest BCUT2D eigenvalue weighted by Crippen LogP contribution is 2.36. The van der Waals surface area contributed by atoms with Crippen LogP contribution in [-0.2, 0) is 6.18 Å². The summed E-state index contributed by atoms with van der Waals surface area (Å²) in [7, 11) is 0. The molecular weight excluding hydrogens is 383 g/mol. The van der Waals surface area contributed by atoms with Gasteiger partial charge in [-0.2, -0.15) is 22.0 Å². The van der Waals surface area contributed by atoms with E-state index in [2.05, 4.69) is 10.1 Å². The SMILES string of the molecule is O=C(Nc1cc(C(F)(F)F)ccc1N1CCCC1)c1ccc(OC(F)F)cc1. The lowest BCUT2D eigenvalue weighted by Crippen LogP contribution is -2.22. The Morgan fingerprint density at radius 2 is 1.68 bits per heavy atom. The van der Waals surface area contributed by atoms with Crippen molar-refractivity contribution < 1.29 is 31.5 Å². The summed E-state index contributed by atoms with van der Waals surface area (Å²) in [5.41, 5.74) is -0.205. The van der Waals surface area contributed by atoms with Crippen LogP contribution in [0.1, 0.15) is 28.8 Å². The van der Waals surface area contributed by atoms with Crippen LogP contribution in [0, 0.1) is 0 Å². The number of nitrogens with zero attached hydrogens (tertiary/aromatic N) is 1. The molecular formula is C19H17F5N2O2. The fraction of sp³-hybridized carbons (Fsp3) is 0.316. The Kier molecular flexibility index (Phi) is 5.71. The molecule has 4 nitrogen and oxygen atoms in total. The molecule has 2 aromatic rings. The Balaban J connectivity index is 1.85. The van der Waals surface area contributed by atoms with Crippen LogP contribution < -0.4 is 15.0 Å². The van der Waals surface area contributed by atoms with Crippen molar-refractivity contribution in [3.8, 4) is 5.75 Å². The van der Waals surface area contributed by atoms with Gasteiger partial charge in [0.2, 0.25) is 0 Å². The number of alkyl halides is 5. The highest BCUT2D eigenvalue weighted by Gasteiger charge is 2.32. The fourth-order valence-electron chi connectivity index (χ4n) is 3.03. The van der Waals surface area contributed by atoms with E-state index in [0.717, 1.165) is 25.0 Å². The van der Waals surface area contributed by atoms with Crippen molar-refractivity contribution in [2.75, 3.05) is 23.3 Å². The third-order valence-electron chi connectivity index (χ3n) is 4.36. The predicted octanol–water partition coefficient (Wildman–Crippen LogP) is 5.16. The molecule has 0 atom stereocenters. The van der Waals surface area contributed by atoms with Gasteiger partial charge in [0, 0.05) is 18.7 Å². The van der Waals surface area contributed by atoms with E-state index in [1.807, 2.05) is 4.90 Å². The number of amides is 1. The van der Waals surface area contributed by atoms with Gasteiger partial charge < -0.3 is 15.0 Å². The molecule has 1 aliphatic heterocycles. The maximum absolute atomic E-state index is 13.1. The molecule has 0 aromatic heterocycles. The minimum absolute atomic E-state index is 0.0506. The maximum atomic E-state index is 13.1. The molecule has 2 aromatic carbocycles. The molecule has 1 saturated heterocycles. The van der Waals surface area contributed by atoms with Gasteiger partial charge in [-0.15, -0.1) is 0 Å². The first kappa shape index (κ1) is 19.9. The Morgan fingerprint density at radius 3 is 2.25 bits per heavy atom. The van der Waals surface area contributed by atoms with Crippen molar-refractivity contribution in [2.24, 2.45) is 0 Å². The molecule has 1 amide bonds. The van der Waals surface area contributed by atoms with E-state index < -0.39 is 24.3 Å². The lowest BCUT2D eigenvalue weighted by Gasteiger charge is -2.23. The van der Waals surface area contributed by atoms with Crippen molar-refractivity contribution in [3.05, 3.63) is 53.6 Å². The third kappa shape index (κ3) is 4.71. The molecule has 0 aliphatic carbocycles. The minimum Gasteiger partial charge on any atom is -0.435 e. The van der Waals surface area contributed by atoms with Gasteiger partial charge in [-0.3, -0.25) is 4.79 Å². The lowest BCUT2D eigenvalue weighted by molar-refractivity contribution is -0.137. The molecule has 28 heavy (non-hydrogen) atoms. The second kappa shape index (κ2) is 8.04. The molecule has 0 bridgehead atoms. The Morgan fingerprint density at radius 1 is 1.04 bits per heavy atom. The number of hydrogen-bond acceptors (Lipinski definition) is 3. The first-order valence-electron chi connectivity index (χ1n) is 8.56. The van der Waals surface area contributed by atoms with E-state index >= 15 is 0 Å². The van der Waals surface area contributed by atoms with E-state index in [1.54, 1.807) is 0 Å². The van der Waals surface area contributed by atoms with E-state index in [4.69, 9.17) is 0 Å². The summed E-state index contributed by atoms with van der Waals surface area (Å²) in [6.07, 6.45) is -2.71. The molecule has 0 spiro atoms. The summed E-state index contributed by atoms with van der Waals surface area (Å²) in [6, 6.07) is 8.14. The summed E-state index contributed by atoms with van der Waals surface area (Å²) in [4.78, 5) is 14.4. The quantitative estimate of drug-likeness (QED) is 0.705. The molecule has 150 valence electrons. The standard InChI is InChI=1S/C19H17F5N2O2/c20-18(21)28-14-6-3-12(4-7-14)17(27)25-15-11-13(19(22,23)24)5-8-16(15)26-9-1-2-10-26/h3-8,11,18H,1-2,9-10H2,(H,25,27). The van der Waals surface area contributed by atoms with Gasteiger partial charge in [0.1, 0.15) is 5.75 Å². The highest BCUT2D eigenvalue weighted by atomic mass is 19.4. The summed E-state index contributed by atoms with van der Waals surface area (Å²) in [5.74, 6) is -0.772. The topological polar surface area (TPSA) is 41.6 Å². The first-order valence-corrected chi connectivity index (χ1v) is 8.56. The van der Waals surface area contributed by atoms with Crippen LogP contribution >= 0.6 is 0 Å². The Bertz CT molecular complexity index is 831. The number of nitrogens with one attached hydrogen (secondary N) is 1. The van der Waals surface area contributed by atoms with E-state index in [0.29, 0.717) is 18.8 Å². The second-order valence-electron chi connectivity index (χ2n) is 6.28. The average Bonchev–Trinajstić information content (AvgIpc) is 3.15. The van der Waals surface area contributed by atoms with E-state index in [9.17, 15) is 26.7 Å². The molecule has 1 fully saturated rings. The van der Waals surface area contributed by atoms with Gasteiger partial charge in [-0.05, 0) is 55.3 Å². The monoisotopic (exact) mass is 400 g/mol. The van der Waals surface area contributed by atoms with E-state index in [1.165, 1.54) is 30.3 Å². The van der Waals surface area contributed by atoms with Gasteiger partial charge >= 0.3 is 12.8 Å². The fourth-order valence-corrected chi connectivity index (χ4v) is 3.03. The first-order chi connectivity index (χ1) is 13.2. The van der Waals surface area contributed by atoms with Crippen LogP contribution in [0.4, 0.5) is 33.3 Å². The normalized spacial score (nSPS) is 14.4. The number of hydrogen-bond donors (Lipinski definition) is 1. The molecule has 3 rings (SSSR count). The van der Waals surface area contributed by atoms with Crippen LogP contribution in [0.15, 0.2) is 42.5 Å². The largest absolute Gasteiger partial charge is 0.435 e.